The first kappa shape index (κ1) is 20.7. The third kappa shape index (κ3) is 4.31. The lowest BCUT2D eigenvalue weighted by Crippen LogP contribution is -2.23. The standard InChI is InChI=1S/C23H18FN5O3/c24-18-9-6-15(7-10-18)22-17(14-28(27-22)19-4-2-1-3-5-19)13-26-23(30)16-8-11-20(25)21(12-16)29(31)32/h1-12,14H,13,25H2,(H,26,30). The number of carbonyl (C=O) groups excluding carboxylic acids is 1. The molecular formula is C23H18FN5O3. The molecule has 4 rings (SSSR count). The lowest BCUT2D eigenvalue weighted by atomic mass is 10.1. The Morgan fingerprint density at radius 1 is 1.09 bits per heavy atom. The third-order valence-electron chi connectivity index (χ3n) is 4.86. The maximum absolute atomic E-state index is 13.4. The van der Waals surface area contributed by atoms with E-state index in [4.69, 9.17) is 5.73 Å². The predicted octanol–water partition coefficient (Wildman–Crippen LogP) is 4.10. The second-order valence-corrected chi connectivity index (χ2v) is 7.00. The minimum absolute atomic E-state index is 0.0192. The molecule has 0 saturated heterocycles. The highest BCUT2D eigenvalue weighted by Gasteiger charge is 2.17. The summed E-state index contributed by atoms with van der Waals surface area (Å²) in [6, 6.07) is 19.2. The fourth-order valence-corrected chi connectivity index (χ4v) is 3.22. The number of aromatic nitrogens is 2. The second kappa shape index (κ2) is 8.68. The fourth-order valence-electron chi connectivity index (χ4n) is 3.22. The number of nitrogens with two attached hydrogens (primary N) is 1. The van der Waals surface area contributed by atoms with E-state index in [1.54, 1.807) is 23.0 Å². The van der Waals surface area contributed by atoms with Gasteiger partial charge in [0.05, 0.1) is 16.3 Å². The molecule has 1 heterocycles. The molecular weight excluding hydrogens is 413 g/mol. The molecule has 3 aromatic carbocycles. The first-order valence-electron chi connectivity index (χ1n) is 9.64. The highest BCUT2D eigenvalue weighted by molar-refractivity contribution is 5.95. The Labute approximate surface area is 182 Å². The number of nitrogens with zero attached hydrogens (tertiary/aromatic N) is 3. The predicted molar refractivity (Wildman–Crippen MR) is 118 cm³/mol. The van der Waals surface area contributed by atoms with Crippen molar-refractivity contribution in [2.24, 2.45) is 0 Å². The number of nitro benzene ring substituents is 1. The number of rotatable bonds is 6. The SMILES string of the molecule is Nc1ccc(C(=O)NCc2cn(-c3ccccc3)nc2-c2ccc(F)cc2)cc1[N+](=O)[O-]. The molecule has 0 fully saturated rings. The van der Waals surface area contributed by atoms with Gasteiger partial charge < -0.3 is 11.1 Å². The first-order valence-corrected chi connectivity index (χ1v) is 9.64. The van der Waals surface area contributed by atoms with Gasteiger partial charge in [0.1, 0.15) is 11.5 Å². The Morgan fingerprint density at radius 3 is 2.50 bits per heavy atom. The van der Waals surface area contributed by atoms with Crippen LogP contribution in [0.5, 0.6) is 0 Å². The van der Waals surface area contributed by atoms with Gasteiger partial charge in [-0.05, 0) is 48.5 Å². The van der Waals surface area contributed by atoms with Gasteiger partial charge in [0, 0.05) is 35.5 Å². The number of nitrogen functional groups attached to an aromatic ring is 1. The minimum atomic E-state index is -0.636. The van der Waals surface area contributed by atoms with Gasteiger partial charge in [-0.15, -0.1) is 0 Å². The van der Waals surface area contributed by atoms with E-state index in [1.165, 1.54) is 24.3 Å². The zero-order valence-electron chi connectivity index (χ0n) is 16.7. The summed E-state index contributed by atoms with van der Waals surface area (Å²) in [5, 5.41) is 18.5. The lowest BCUT2D eigenvalue weighted by Gasteiger charge is -2.07. The van der Waals surface area contributed by atoms with Gasteiger partial charge in [-0.1, -0.05) is 18.2 Å². The zero-order chi connectivity index (χ0) is 22.7. The van der Waals surface area contributed by atoms with Crippen LogP contribution < -0.4 is 11.1 Å². The summed E-state index contributed by atoms with van der Waals surface area (Å²) in [4.78, 5) is 23.1. The maximum atomic E-state index is 13.4. The minimum Gasteiger partial charge on any atom is -0.393 e. The van der Waals surface area contributed by atoms with E-state index in [0.717, 1.165) is 11.8 Å². The van der Waals surface area contributed by atoms with E-state index in [0.29, 0.717) is 16.8 Å². The van der Waals surface area contributed by atoms with Crippen molar-refractivity contribution in [3.05, 3.63) is 106 Å². The summed E-state index contributed by atoms with van der Waals surface area (Å²) in [6.07, 6.45) is 1.78. The van der Waals surface area contributed by atoms with Crippen molar-refractivity contribution in [3.63, 3.8) is 0 Å². The van der Waals surface area contributed by atoms with Crippen molar-refractivity contribution in [1.82, 2.24) is 15.1 Å². The normalized spacial score (nSPS) is 10.7. The second-order valence-electron chi connectivity index (χ2n) is 7.00. The number of carbonyl (C=O) groups is 1. The summed E-state index contributed by atoms with van der Waals surface area (Å²) in [5.41, 5.74) is 8.15. The monoisotopic (exact) mass is 431 g/mol. The lowest BCUT2D eigenvalue weighted by molar-refractivity contribution is -0.383. The summed E-state index contributed by atoms with van der Waals surface area (Å²) < 4.78 is 15.1. The number of amides is 1. The van der Waals surface area contributed by atoms with Crippen LogP contribution in [0.2, 0.25) is 0 Å². The molecule has 8 nitrogen and oxygen atoms in total. The quantitative estimate of drug-likeness (QED) is 0.271. The van der Waals surface area contributed by atoms with Crippen LogP contribution in [0.3, 0.4) is 0 Å². The zero-order valence-corrected chi connectivity index (χ0v) is 16.7. The molecule has 0 unspecified atom stereocenters. The number of hydrogen-bond donors (Lipinski definition) is 2. The Kier molecular flexibility index (Phi) is 5.63. The van der Waals surface area contributed by atoms with Crippen LogP contribution in [0, 0.1) is 15.9 Å². The largest absolute Gasteiger partial charge is 0.393 e. The van der Waals surface area contributed by atoms with E-state index >= 15 is 0 Å². The molecule has 1 aromatic heterocycles. The Bertz CT molecular complexity index is 1290. The molecule has 3 N–H and O–H groups in total. The van der Waals surface area contributed by atoms with Gasteiger partial charge in [0.2, 0.25) is 0 Å². The number of nitrogens with one attached hydrogen (secondary N) is 1. The van der Waals surface area contributed by atoms with E-state index in [9.17, 15) is 19.3 Å². The van der Waals surface area contributed by atoms with E-state index < -0.39 is 10.8 Å². The van der Waals surface area contributed by atoms with Gasteiger partial charge >= 0.3 is 0 Å². The molecule has 0 spiro atoms. The molecule has 9 heteroatoms. The van der Waals surface area contributed by atoms with Crippen molar-refractivity contribution < 1.29 is 14.1 Å². The van der Waals surface area contributed by atoms with Crippen LogP contribution in [-0.4, -0.2) is 20.6 Å². The van der Waals surface area contributed by atoms with Crippen LogP contribution in [-0.2, 0) is 6.54 Å². The van der Waals surface area contributed by atoms with Crippen molar-refractivity contribution in [2.45, 2.75) is 6.54 Å². The fraction of sp³-hybridized carbons (Fsp3) is 0.0435. The van der Waals surface area contributed by atoms with Gasteiger partial charge in [-0.2, -0.15) is 5.10 Å². The van der Waals surface area contributed by atoms with Gasteiger partial charge in [-0.3, -0.25) is 14.9 Å². The van der Waals surface area contributed by atoms with Crippen LogP contribution in [0.4, 0.5) is 15.8 Å². The Morgan fingerprint density at radius 2 is 1.81 bits per heavy atom. The van der Waals surface area contributed by atoms with Gasteiger partial charge in [-0.25, -0.2) is 9.07 Å². The van der Waals surface area contributed by atoms with Crippen molar-refractivity contribution in [1.29, 1.82) is 0 Å². The number of para-hydroxylation sites is 1. The van der Waals surface area contributed by atoms with Crippen LogP contribution in [0.1, 0.15) is 15.9 Å². The number of benzene rings is 3. The molecule has 160 valence electrons. The molecule has 0 aliphatic heterocycles. The van der Waals surface area contributed by atoms with Gasteiger partial charge in [0.25, 0.3) is 11.6 Å². The number of anilines is 1. The van der Waals surface area contributed by atoms with E-state index in [2.05, 4.69) is 10.4 Å². The molecule has 0 atom stereocenters. The van der Waals surface area contributed by atoms with Crippen LogP contribution in [0.15, 0.2) is 79.0 Å². The number of hydrogen-bond acceptors (Lipinski definition) is 5. The number of halogens is 1. The third-order valence-corrected chi connectivity index (χ3v) is 4.86. The Hall–Kier alpha value is -4.53. The average molecular weight is 431 g/mol. The maximum Gasteiger partial charge on any atom is 0.292 e. The first-order chi connectivity index (χ1) is 15.4. The smallest absolute Gasteiger partial charge is 0.292 e. The molecule has 1 amide bonds. The summed E-state index contributed by atoms with van der Waals surface area (Å²) >= 11 is 0. The molecule has 4 aromatic rings. The Balaban J connectivity index is 1.63. The topological polar surface area (TPSA) is 116 Å². The van der Waals surface area contributed by atoms with Crippen molar-refractivity contribution in [3.8, 4) is 16.9 Å². The molecule has 0 saturated carbocycles. The van der Waals surface area contributed by atoms with Crippen LogP contribution in [0.25, 0.3) is 16.9 Å². The van der Waals surface area contributed by atoms with Gasteiger partial charge in [0.15, 0.2) is 0 Å². The van der Waals surface area contributed by atoms with E-state index in [-0.39, 0.29) is 29.3 Å². The summed E-state index contributed by atoms with van der Waals surface area (Å²) in [5.74, 6) is -0.860. The van der Waals surface area contributed by atoms with Crippen molar-refractivity contribution >= 4 is 17.3 Å². The van der Waals surface area contributed by atoms with Crippen molar-refractivity contribution in [2.75, 3.05) is 5.73 Å². The summed E-state index contributed by atoms with van der Waals surface area (Å²) in [7, 11) is 0. The highest BCUT2D eigenvalue weighted by Crippen LogP contribution is 2.25. The number of nitro groups is 1. The van der Waals surface area contributed by atoms with E-state index in [1.807, 2.05) is 30.3 Å². The highest BCUT2D eigenvalue weighted by atomic mass is 19.1. The van der Waals surface area contributed by atoms with Crippen LogP contribution >= 0.6 is 0 Å². The molecule has 0 aliphatic carbocycles. The summed E-state index contributed by atoms with van der Waals surface area (Å²) in [6.45, 7) is 0.108. The molecule has 0 aliphatic rings. The molecule has 0 bridgehead atoms. The molecule has 32 heavy (non-hydrogen) atoms. The molecule has 0 radical (unpaired) electrons. The average Bonchev–Trinajstić information content (AvgIpc) is 3.23.